The molecule has 0 amide bonds. The number of nitrogens with zero attached hydrogens (tertiary/aromatic N) is 6. The van der Waals surface area contributed by atoms with Crippen LogP contribution in [0.25, 0.3) is 0 Å². The number of pyridine rings is 2. The van der Waals surface area contributed by atoms with Gasteiger partial charge in [0, 0.05) is 0 Å². The van der Waals surface area contributed by atoms with Crippen LogP contribution in [0.3, 0.4) is 0 Å². The van der Waals surface area contributed by atoms with Crippen molar-refractivity contribution in [3.63, 3.8) is 0 Å². The van der Waals surface area contributed by atoms with E-state index in [0.29, 0.717) is 0 Å². The molecule has 0 fully saturated rings. The maximum atomic E-state index is 4.98. The summed E-state index contributed by atoms with van der Waals surface area (Å²) in [4.78, 5) is 29.4. The van der Waals surface area contributed by atoms with Gasteiger partial charge in [0.25, 0.3) is 0 Å². The van der Waals surface area contributed by atoms with E-state index in [1.165, 1.54) is 0 Å². The fraction of sp³-hybridized carbons (Fsp3) is 0.200. The molecule has 0 bridgehead atoms. The predicted molar refractivity (Wildman–Crippen MR) is 194 cm³/mol. The first-order valence-corrected chi connectivity index (χ1v) is 15.5. The number of para-hydroxylation sites is 2. The molecule has 46 heavy (non-hydrogen) atoms. The first-order valence-electron chi connectivity index (χ1n) is 15.5. The molecule has 5 aromatic rings. The molecule has 0 aliphatic rings. The second-order valence-corrected chi connectivity index (χ2v) is 11.6. The zero-order chi connectivity index (χ0) is 32.8. The third-order valence-corrected chi connectivity index (χ3v) is 7.88. The zero-order valence-corrected chi connectivity index (χ0v) is 27.9. The highest BCUT2D eigenvalue weighted by atomic mass is 14.9. The molecule has 0 aliphatic heterocycles. The molecule has 0 radical (unpaired) electrons. The lowest BCUT2D eigenvalue weighted by molar-refractivity contribution is 1.23. The van der Waals surface area contributed by atoms with E-state index in [1.54, 1.807) is 0 Å². The summed E-state index contributed by atoms with van der Waals surface area (Å²) in [7, 11) is 0. The second kappa shape index (κ2) is 14.2. The number of benzene rings is 3. The number of rotatable bonds is 8. The van der Waals surface area contributed by atoms with E-state index in [4.69, 9.17) is 29.9 Å². The molecule has 0 saturated heterocycles. The van der Waals surface area contributed by atoms with Crippen molar-refractivity contribution in [2.24, 2.45) is 20.0 Å². The first kappa shape index (κ1) is 32.0. The standard InChI is InChI=1S/C40H40N6/c1-25-15-9-11-17-33(25)41-29(5)35-19-13-21-37(45-35)31(7)43-39-23-28(4)40(24-27(39)3)44-32(8)38-22-14-20-36(46-38)30(6)42-34-18-12-10-16-26(34)2/h9-24H,1-8H3/b41-29+,42-30+,43-31+,44-32+. The molecule has 6 nitrogen and oxygen atoms in total. The van der Waals surface area contributed by atoms with Gasteiger partial charge in [0.2, 0.25) is 0 Å². The summed E-state index contributed by atoms with van der Waals surface area (Å²) < 4.78 is 0. The first-order chi connectivity index (χ1) is 22.1. The molecule has 0 spiro atoms. The van der Waals surface area contributed by atoms with Crippen LogP contribution < -0.4 is 0 Å². The second-order valence-electron chi connectivity index (χ2n) is 11.6. The lowest BCUT2D eigenvalue weighted by Crippen LogP contribution is -2.05. The normalized spacial score (nSPS) is 12.9. The zero-order valence-electron chi connectivity index (χ0n) is 27.9. The van der Waals surface area contributed by atoms with Crippen molar-refractivity contribution in [3.8, 4) is 0 Å². The van der Waals surface area contributed by atoms with Crippen LogP contribution in [0.15, 0.2) is 117 Å². The smallest absolute Gasteiger partial charge is 0.0849 e. The van der Waals surface area contributed by atoms with Crippen molar-refractivity contribution < 1.29 is 0 Å². The summed E-state index contributed by atoms with van der Waals surface area (Å²) >= 11 is 0. The average molecular weight is 605 g/mol. The largest absolute Gasteiger partial charge is 0.251 e. The Morgan fingerprint density at radius 1 is 0.370 bits per heavy atom. The van der Waals surface area contributed by atoms with E-state index < -0.39 is 0 Å². The van der Waals surface area contributed by atoms with Crippen molar-refractivity contribution >= 4 is 45.6 Å². The molecule has 230 valence electrons. The van der Waals surface area contributed by atoms with Gasteiger partial charge in [-0.1, -0.05) is 48.5 Å². The minimum atomic E-state index is 0.819. The molecule has 5 rings (SSSR count). The highest BCUT2D eigenvalue weighted by molar-refractivity contribution is 6.03. The van der Waals surface area contributed by atoms with E-state index in [9.17, 15) is 0 Å². The molecule has 3 aromatic carbocycles. The molecule has 0 N–H and O–H groups in total. The van der Waals surface area contributed by atoms with Gasteiger partial charge in [0.1, 0.15) is 0 Å². The van der Waals surface area contributed by atoms with Gasteiger partial charge in [-0.2, -0.15) is 0 Å². The maximum absolute atomic E-state index is 4.98. The molecule has 0 saturated carbocycles. The van der Waals surface area contributed by atoms with Gasteiger partial charge in [0.05, 0.1) is 68.4 Å². The Morgan fingerprint density at radius 2 is 0.674 bits per heavy atom. The van der Waals surface area contributed by atoms with Crippen LogP contribution in [-0.2, 0) is 0 Å². The topological polar surface area (TPSA) is 75.2 Å². The van der Waals surface area contributed by atoms with E-state index in [0.717, 1.165) is 90.6 Å². The van der Waals surface area contributed by atoms with Crippen LogP contribution in [0, 0.1) is 27.7 Å². The molecular weight excluding hydrogens is 564 g/mol. The van der Waals surface area contributed by atoms with Crippen LogP contribution in [-0.4, -0.2) is 32.8 Å². The summed E-state index contributed by atoms with van der Waals surface area (Å²) in [5.74, 6) is 0. The lowest BCUT2D eigenvalue weighted by Gasteiger charge is -2.10. The van der Waals surface area contributed by atoms with E-state index in [-0.39, 0.29) is 0 Å². The highest BCUT2D eigenvalue weighted by Crippen LogP contribution is 2.30. The molecule has 0 atom stereocenters. The Bertz CT molecular complexity index is 1880. The molecule has 2 aromatic heterocycles. The number of hydrogen-bond acceptors (Lipinski definition) is 6. The van der Waals surface area contributed by atoms with Gasteiger partial charge in [-0.3, -0.25) is 20.0 Å². The van der Waals surface area contributed by atoms with Crippen molar-refractivity contribution in [1.82, 2.24) is 9.97 Å². The molecule has 0 aliphatic carbocycles. The van der Waals surface area contributed by atoms with E-state index in [1.807, 2.05) is 100 Å². The summed E-state index contributed by atoms with van der Waals surface area (Å²) in [5.41, 5.74) is 14.7. The quantitative estimate of drug-likeness (QED) is 0.165. The number of aliphatic imine (C=N–C) groups is 4. The SMILES string of the molecule is C/C(=N\c1ccccc1C)c1cccc(/C(C)=N/c2cc(C)c(/N=C(\C)c3cccc(/C(C)=N/c4ccccc4C)n3)cc2C)n1. The fourth-order valence-electron chi connectivity index (χ4n) is 5.03. The Morgan fingerprint density at radius 3 is 1.00 bits per heavy atom. The Kier molecular flexibility index (Phi) is 9.87. The van der Waals surface area contributed by atoms with Crippen molar-refractivity contribution in [2.75, 3.05) is 0 Å². The van der Waals surface area contributed by atoms with Gasteiger partial charge in [-0.15, -0.1) is 0 Å². The average Bonchev–Trinajstić information content (AvgIpc) is 3.05. The van der Waals surface area contributed by atoms with Gasteiger partial charge < -0.3 is 0 Å². The Labute approximate surface area is 272 Å². The van der Waals surface area contributed by atoms with Crippen LogP contribution >= 0.6 is 0 Å². The molecule has 2 heterocycles. The summed E-state index contributed by atoms with van der Waals surface area (Å²) in [6, 6.07) is 32.3. The summed E-state index contributed by atoms with van der Waals surface area (Å²) in [5, 5.41) is 0. The third kappa shape index (κ3) is 7.64. The van der Waals surface area contributed by atoms with E-state index >= 15 is 0 Å². The monoisotopic (exact) mass is 604 g/mol. The van der Waals surface area contributed by atoms with Gasteiger partial charge in [-0.05, 0) is 126 Å². The Balaban J connectivity index is 1.38. The van der Waals surface area contributed by atoms with Crippen LogP contribution in [0.2, 0.25) is 0 Å². The van der Waals surface area contributed by atoms with E-state index in [2.05, 4.69) is 52.0 Å². The minimum Gasteiger partial charge on any atom is -0.251 e. The van der Waals surface area contributed by atoms with Crippen LogP contribution in [0.4, 0.5) is 22.7 Å². The number of hydrogen-bond donors (Lipinski definition) is 0. The number of aryl methyl sites for hydroxylation is 4. The summed E-state index contributed by atoms with van der Waals surface area (Å²) in [6.07, 6.45) is 0. The number of aromatic nitrogens is 2. The third-order valence-electron chi connectivity index (χ3n) is 7.88. The van der Waals surface area contributed by atoms with Crippen LogP contribution in [0.5, 0.6) is 0 Å². The lowest BCUT2D eigenvalue weighted by atomic mass is 10.1. The van der Waals surface area contributed by atoms with Gasteiger partial charge >= 0.3 is 0 Å². The molecular formula is C40H40N6. The molecule has 6 heteroatoms. The van der Waals surface area contributed by atoms with Gasteiger partial charge in [0.15, 0.2) is 0 Å². The molecule has 0 unspecified atom stereocenters. The Hall–Kier alpha value is -5.36. The van der Waals surface area contributed by atoms with Crippen molar-refractivity contribution in [1.29, 1.82) is 0 Å². The summed E-state index contributed by atoms with van der Waals surface area (Å²) in [6.45, 7) is 16.2. The predicted octanol–water partition coefficient (Wildman–Crippen LogP) is 10.3. The maximum Gasteiger partial charge on any atom is 0.0849 e. The van der Waals surface area contributed by atoms with Gasteiger partial charge in [-0.25, -0.2) is 9.97 Å². The van der Waals surface area contributed by atoms with Crippen molar-refractivity contribution in [3.05, 3.63) is 142 Å². The highest BCUT2D eigenvalue weighted by Gasteiger charge is 2.10. The van der Waals surface area contributed by atoms with Crippen molar-refractivity contribution in [2.45, 2.75) is 55.4 Å². The minimum absolute atomic E-state index is 0.819. The van der Waals surface area contributed by atoms with Crippen LogP contribution in [0.1, 0.15) is 72.7 Å². The fourth-order valence-corrected chi connectivity index (χ4v) is 5.03.